The topological polar surface area (TPSA) is 72.6 Å². The van der Waals surface area contributed by atoms with E-state index >= 15 is 0 Å². The number of para-hydroxylation sites is 1. The molecule has 21 heavy (non-hydrogen) atoms. The van der Waals surface area contributed by atoms with Crippen LogP contribution < -0.4 is 4.74 Å². The number of rotatable bonds is 3. The van der Waals surface area contributed by atoms with Gasteiger partial charge in [-0.2, -0.15) is 13.2 Å². The van der Waals surface area contributed by atoms with Crippen molar-refractivity contribution in [2.75, 3.05) is 0 Å². The third-order valence-corrected chi connectivity index (χ3v) is 2.55. The van der Waals surface area contributed by atoms with Gasteiger partial charge < -0.3 is 9.84 Å². The van der Waals surface area contributed by atoms with Gasteiger partial charge in [-0.15, -0.1) is 0 Å². The lowest BCUT2D eigenvalue weighted by molar-refractivity contribution is -0.388. The van der Waals surface area contributed by atoms with Gasteiger partial charge in [0.05, 0.1) is 4.92 Å². The molecule has 110 valence electrons. The van der Waals surface area contributed by atoms with Crippen LogP contribution in [0.25, 0.3) is 0 Å². The van der Waals surface area contributed by atoms with Crippen LogP contribution in [0.15, 0.2) is 42.5 Å². The summed E-state index contributed by atoms with van der Waals surface area (Å²) in [5, 5.41) is 20.0. The van der Waals surface area contributed by atoms with Crippen molar-refractivity contribution in [2.24, 2.45) is 0 Å². The molecular weight excluding hydrogens is 291 g/mol. The zero-order valence-corrected chi connectivity index (χ0v) is 10.3. The van der Waals surface area contributed by atoms with Crippen LogP contribution in [0.5, 0.6) is 17.2 Å². The van der Waals surface area contributed by atoms with E-state index in [2.05, 4.69) is 0 Å². The van der Waals surface area contributed by atoms with Crippen molar-refractivity contribution in [1.29, 1.82) is 0 Å². The van der Waals surface area contributed by atoms with Gasteiger partial charge in [0.15, 0.2) is 0 Å². The number of phenols is 1. The Morgan fingerprint density at radius 2 is 1.71 bits per heavy atom. The first-order chi connectivity index (χ1) is 9.79. The van der Waals surface area contributed by atoms with E-state index in [0.717, 1.165) is 12.1 Å². The minimum atomic E-state index is -4.86. The molecule has 1 N–H and O–H groups in total. The first-order valence-electron chi connectivity index (χ1n) is 5.60. The van der Waals surface area contributed by atoms with Gasteiger partial charge >= 0.3 is 11.9 Å². The summed E-state index contributed by atoms with van der Waals surface area (Å²) >= 11 is 0. The fourth-order valence-corrected chi connectivity index (χ4v) is 1.66. The Hall–Kier alpha value is -2.77. The maximum absolute atomic E-state index is 12.8. The zero-order chi connectivity index (χ0) is 15.6. The second-order valence-electron chi connectivity index (χ2n) is 4.00. The highest BCUT2D eigenvalue weighted by atomic mass is 19.4. The zero-order valence-electron chi connectivity index (χ0n) is 10.3. The highest BCUT2D eigenvalue weighted by Gasteiger charge is 2.40. The van der Waals surface area contributed by atoms with Crippen LogP contribution in [0.1, 0.15) is 5.56 Å². The van der Waals surface area contributed by atoms with Crippen molar-refractivity contribution in [2.45, 2.75) is 6.18 Å². The van der Waals surface area contributed by atoms with E-state index in [4.69, 9.17) is 9.84 Å². The second kappa shape index (κ2) is 5.31. The summed E-state index contributed by atoms with van der Waals surface area (Å²) < 4.78 is 43.5. The molecular formula is C13H8F3NO4. The van der Waals surface area contributed by atoms with E-state index in [1.54, 1.807) is 0 Å². The summed E-state index contributed by atoms with van der Waals surface area (Å²) in [7, 11) is 0. The number of nitro benzene ring substituents is 1. The van der Waals surface area contributed by atoms with E-state index < -0.39 is 28.1 Å². The standard InChI is InChI=1S/C13H8F3NO4/c14-13(15,16)10-2-1-3-11(12(10)17(19)20)21-9-6-4-8(18)5-7-9/h1-7,18H. The third kappa shape index (κ3) is 3.22. The van der Waals surface area contributed by atoms with Gasteiger partial charge in [-0.25, -0.2) is 0 Å². The quantitative estimate of drug-likeness (QED) is 0.683. The molecule has 0 atom stereocenters. The van der Waals surface area contributed by atoms with E-state index in [1.807, 2.05) is 0 Å². The fourth-order valence-electron chi connectivity index (χ4n) is 1.66. The maximum Gasteiger partial charge on any atom is 0.423 e. The summed E-state index contributed by atoms with van der Waals surface area (Å²) in [4.78, 5) is 9.78. The third-order valence-electron chi connectivity index (χ3n) is 2.55. The molecule has 2 aromatic carbocycles. The van der Waals surface area contributed by atoms with E-state index in [-0.39, 0.29) is 11.5 Å². The summed E-state index contributed by atoms with van der Waals surface area (Å²) in [6.45, 7) is 0. The summed E-state index contributed by atoms with van der Waals surface area (Å²) in [5.74, 6) is -0.531. The van der Waals surface area contributed by atoms with E-state index in [0.29, 0.717) is 6.07 Å². The highest BCUT2D eigenvalue weighted by Crippen LogP contribution is 2.42. The number of alkyl halides is 3. The first kappa shape index (κ1) is 14.6. The molecule has 8 heteroatoms. The predicted octanol–water partition coefficient (Wildman–Crippen LogP) is 4.11. The monoisotopic (exact) mass is 299 g/mol. The van der Waals surface area contributed by atoms with Gasteiger partial charge in [0, 0.05) is 0 Å². The molecule has 2 aromatic rings. The van der Waals surface area contributed by atoms with Crippen LogP contribution in [0, 0.1) is 10.1 Å². The lowest BCUT2D eigenvalue weighted by Gasteiger charge is -2.11. The molecule has 0 unspecified atom stereocenters. The minimum Gasteiger partial charge on any atom is -0.508 e. The molecule has 0 amide bonds. The molecule has 0 saturated carbocycles. The van der Waals surface area contributed by atoms with Crippen molar-refractivity contribution in [3.05, 3.63) is 58.1 Å². The molecule has 2 rings (SSSR count). The van der Waals surface area contributed by atoms with Gasteiger partial charge in [-0.1, -0.05) is 6.07 Å². The van der Waals surface area contributed by atoms with Crippen molar-refractivity contribution in [3.8, 4) is 17.2 Å². The number of hydrogen-bond acceptors (Lipinski definition) is 4. The molecule has 0 spiro atoms. The molecule has 5 nitrogen and oxygen atoms in total. The Kier molecular flexibility index (Phi) is 3.70. The van der Waals surface area contributed by atoms with E-state index in [9.17, 15) is 23.3 Å². The number of ether oxygens (including phenoxy) is 1. The molecule has 0 bridgehead atoms. The largest absolute Gasteiger partial charge is 0.508 e. The lowest BCUT2D eigenvalue weighted by atomic mass is 10.1. The molecule has 0 aliphatic rings. The predicted molar refractivity (Wildman–Crippen MR) is 66.3 cm³/mol. The number of hydrogen-bond donors (Lipinski definition) is 1. The molecule has 0 aliphatic carbocycles. The summed E-state index contributed by atoms with van der Waals surface area (Å²) in [6.07, 6.45) is -4.86. The van der Waals surface area contributed by atoms with Crippen LogP contribution in [0.2, 0.25) is 0 Å². The van der Waals surface area contributed by atoms with E-state index in [1.165, 1.54) is 24.3 Å². The Morgan fingerprint density at radius 3 is 2.24 bits per heavy atom. The second-order valence-corrected chi connectivity index (χ2v) is 4.00. The van der Waals surface area contributed by atoms with Crippen molar-refractivity contribution < 1.29 is 27.9 Å². The fraction of sp³-hybridized carbons (Fsp3) is 0.0769. The van der Waals surface area contributed by atoms with Crippen LogP contribution in [-0.2, 0) is 6.18 Å². The van der Waals surface area contributed by atoms with Gasteiger partial charge in [-0.3, -0.25) is 10.1 Å². The first-order valence-corrected chi connectivity index (χ1v) is 5.60. The van der Waals surface area contributed by atoms with Crippen LogP contribution in [0.3, 0.4) is 0 Å². The molecule has 0 fully saturated rings. The van der Waals surface area contributed by atoms with Gasteiger partial charge in [-0.05, 0) is 36.4 Å². The van der Waals surface area contributed by atoms with Crippen molar-refractivity contribution >= 4 is 5.69 Å². The molecule has 0 aromatic heterocycles. The maximum atomic E-state index is 12.8. The van der Waals surface area contributed by atoms with Crippen LogP contribution in [0.4, 0.5) is 18.9 Å². The molecule has 0 saturated heterocycles. The average Bonchev–Trinajstić information content (AvgIpc) is 2.40. The lowest BCUT2D eigenvalue weighted by Crippen LogP contribution is -2.09. The van der Waals surface area contributed by atoms with Gasteiger partial charge in [0.2, 0.25) is 5.75 Å². The minimum absolute atomic E-state index is 0.0650. The summed E-state index contributed by atoms with van der Waals surface area (Å²) in [6, 6.07) is 7.75. The number of nitro groups is 1. The van der Waals surface area contributed by atoms with Gasteiger partial charge in [0.25, 0.3) is 0 Å². The average molecular weight is 299 g/mol. The van der Waals surface area contributed by atoms with Gasteiger partial charge in [0.1, 0.15) is 17.1 Å². The smallest absolute Gasteiger partial charge is 0.423 e. The Balaban J connectivity index is 2.48. The Labute approximate surface area is 116 Å². The van der Waals surface area contributed by atoms with Crippen LogP contribution in [-0.4, -0.2) is 10.0 Å². The SMILES string of the molecule is O=[N+]([O-])c1c(Oc2ccc(O)cc2)cccc1C(F)(F)F. The van der Waals surface area contributed by atoms with Crippen LogP contribution >= 0.6 is 0 Å². The molecule has 0 heterocycles. The number of benzene rings is 2. The normalized spacial score (nSPS) is 11.2. The number of nitrogens with zero attached hydrogens (tertiary/aromatic N) is 1. The number of phenolic OH excluding ortho intramolecular Hbond substituents is 1. The number of aromatic hydroxyl groups is 1. The van der Waals surface area contributed by atoms with Crippen molar-refractivity contribution in [1.82, 2.24) is 0 Å². The highest BCUT2D eigenvalue weighted by molar-refractivity contribution is 5.55. The summed E-state index contributed by atoms with van der Waals surface area (Å²) in [5.41, 5.74) is -2.54. The number of halogens is 3. The Bertz CT molecular complexity index is 668. The molecule has 0 aliphatic heterocycles. The van der Waals surface area contributed by atoms with Crippen molar-refractivity contribution in [3.63, 3.8) is 0 Å². The molecule has 0 radical (unpaired) electrons. The Morgan fingerprint density at radius 1 is 1.10 bits per heavy atom.